The summed E-state index contributed by atoms with van der Waals surface area (Å²) in [7, 11) is 2.04. The third kappa shape index (κ3) is 3.94. The molecule has 2 heteroatoms. The van der Waals surface area contributed by atoms with Crippen molar-refractivity contribution in [1.82, 2.24) is 5.32 Å². The smallest absolute Gasteiger partial charge is 0.0358 e. The molecule has 0 saturated carbocycles. The molecule has 0 aliphatic carbocycles. The van der Waals surface area contributed by atoms with Gasteiger partial charge < -0.3 is 5.32 Å². The normalized spacial score (nSPS) is 12.3. The summed E-state index contributed by atoms with van der Waals surface area (Å²) in [5, 5.41) is 3.44. The predicted molar refractivity (Wildman–Crippen MR) is 90.1 cm³/mol. The van der Waals surface area contributed by atoms with E-state index in [1.54, 1.807) is 0 Å². The zero-order chi connectivity index (χ0) is 14.4. The molecule has 2 aromatic rings. The van der Waals surface area contributed by atoms with Crippen LogP contribution < -0.4 is 5.32 Å². The average molecular weight is 332 g/mol. The van der Waals surface area contributed by atoms with Gasteiger partial charge in [-0.25, -0.2) is 0 Å². The molecule has 2 rings (SSSR count). The van der Waals surface area contributed by atoms with Crippen molar-refractivity contribution < 1.29 is 0 Å². The van der Waals surface area contributed by atoms with Crippen LogP contribution in [0.2, 0.25) is 0 Å². The molecule has 0 aromatic heterocycles. The molecule has 0 amide bonds. The molecule has 0 fully saturated rings. The molecule has 0 aliphatic heterocycles. The second-order valence-electron chi connectivity index (χ2n) is 5.13. The average Bonchev–Trinajstić information content (AvgIpc) is 2.47. The van der Waals surface area contributed by atoms with Crippen molar-refractivity contribution in [2.24, 2.45) is 0 Å². The van der Waals surface area contributed by atoms with Crippen LogP contribution in [0.25, 0.3) is 0 Å². The summed E-state index contributed by atoms with van der Waals surface area (Å²) in [6, 6.07) is 17.7. The van der Waals surface area contributed by atoms with Crippen LogP contribution in [-0.4, -0.2) is 7.05 Å². The molecule has 0 spiro atoms. The van der Waals surface area contributed by atoms with Crippen LogP contribution >= 0.6 is 15.9 Å². The minimum Gasteiger partial charge on any atom is -0.313 e. The lowest BCUT2D eigenvalue weighted by Crippen LogP contribution is -2.19. The first-order valence-corrected chi connectivity index (χ1v) is 8.03. The van der Waals surface area contributed by atoms with Gasteiger partial charge in [-0.3, -0.25) is 0 Å². The topological polar surface area (TPSA) is 12.0 Å². The number of likely N-dealkylation sites (N-methyl/N-ethyl adjacent to an activating group) is 1. The van der Waals surface area contributed by atoms with Crippen LogP contribution in [0.3, 0.4) is 0 Å². The first-order valence-electron chi connectivity index (χ1n) is 7.24. The Bertz CT molecular complexity index is 551. The highest BCUT2D eigenvalue weighted by Crippen LogP contribution is 2.24. The van der Waals surface area contributed by atoms with Gasteiger partial charge in [0.2, 0.25) is 0 Å². The Morgan fingerprint density at radius 1 is 1.10 bits per heavy atom. The van der Waals surface area contributed by atoms with E-state index in [-0.39, 0.29) is 0 Å². The van der Waals surface area contributed by atoms with Crippen LogP contribution in [0.4, 0.5) is 0 Å². The van der Waals surface area contributed by atoms with Crippen LogP contribution in [0.1, 0.15) is 36.1 Å². The highest BCUT2D eigenvalue weighted by molar-refractivity contribution is 9.10. The van der Waals surface area contributed by atoms with Crippen molar-refractivity contribution in [3.63, 3.8) is 0 Å². The van der Waals surface area contributed by atoms with Gasteiger partial charge in [0.25, 0.3) is 0 Å². The van der Waals surface area contributed by atoms with Crippen molar-refractivity contribution in [3.05, 3.63) is 69.7 Å². The van der Waals surface area contributed by atoms with Crippen LogP contribution in [0, 0.1) is 0 Å². The van der Waals surface area contributed by atoms with Crippen LogP contribution in [-0.2, 0) is 12.8 Å². The number of nitrogens with one attached hydrogen (secondary N) is 1. The summed E-state index contributed by atoms with van der Waals surface area (Å²) in [5.41, 5.74) is 4.14. The number of hydrogen-bond donors (Lipinski definition) is 1. The van der Waals surface area contributed by atoms with Crippen LogP contribution in [0.5, 0.6) is 0 Å². The summed E-state index contributed by atoms with van der Waals surface area (Å²) >= 11 is 3.64. The Morgan fingerprint density at radius 2 is 1.90 bits per heavy atom. The monoisotopic (exact) mass is 331 g/mol. The summed E-state index contributed by atoms with van der Waals surface area (Å²) in [6.07, 6.45) is 3.34. The van der Waals surface area contributed by atoms with Crippen molar-refractivity contribution in [2.75, 3.05) is 7.05 Å². The summed E-state index contributed by atoms with van der Waals surface area (Å²) < 4.78 is 1.19. The highest BCUT2D eigenvalue weighted by Gasteiger charge is 2.12. The molecule has 106 valence electrons. The van der Waals surface area contributed by atoms with Gasteiger partial charge in [-0.05, 0) is 42.6 Å². The summed E-state index contributed by atoms with van der Waals surface area (Å²) in [5.74, 6) is 0. The minimum absolute atomic E-state index is 0.352. The second-order valence-corrected chi connectivity index (χ2v) is 5.99. The Morgan fingerprint density at radius 3 is 2.60 bits per heavy atom. The van der Waals surface area contributed by atoms with E-state index in [2.05, 4.69) is 76.7 Å². The van der Waals surface area contributed by atoms with Crippen molar-refractivity contribution in [2.45, 2.75) is 32.2 Å². The molecule has 20 heavy (non-hydrogen) atoms. The molecule has 1 N–H and O–H groups in total. The van der Waals surface area contributed by atoms with E-state index in [9.17, 15) is 0 Å². The van der Waals surface area contributed by atoms with Crippen molar-refractivity contribution >= 4 is 15.9 Å². The summed E-state index contributed by atoms with van der Waals surface area (Å²) in [4.78, 5) is 0. The Balaban J connectivity index is 2.20. The van der Waals surface area contributed by atoms with E-state index in [1.165, 1.54) is 27.6 Å². The standard InChI is InChI=1S/C18H22BrN/c1-3-7-14-8-6-10-16(12-14)18(20-2)13-15-9-4-5-11-17(15)19/h4-6,8-12,18,20H,3,7,13H2,1-2H3. The van der Waals surface area contributed by atoms with E-state index in [0.29, 0.717) is 6.04 Å². The third-order valence-electron chi connectivity index (χ3n) is 3.62. The maximum Gasteiger partial charge on any atom is 0.0358 e. The molecule has 1 unspecified atom stereocenters. The maximum atomic E-state index is 3.64. The molecule has 1 atom stereocenters. The van der Waals surface area contributed by atoms with Gasteiger partial charge in [-0.15, -0.1) is 0 Å². The molecule has 0 radical (unpaired) electrons. The van der Waals surface area contributed by atoms with Gasteiger partial charge in [-0.2, -0.15) is 0 Å². The molecule has 1 nitrogen and oxygen atoms in total. The number of hydrogen-bond acceptors (Lipinski definition) is 1. The van der Waals surface area contributed by atoms with Gasteiger partial charge in [0.05, 0.1) is 0 Å². The van der Waals surface area contributed by atoms with E-state index in [1.807, 2.05) is 7.05 Å². The lowest BCUT2D eigenvalue weighted by molar-refractivity contribution is 0.590. The van der Waals surface area contributed by atoms with Crippen molar-refractivity contribution in [1.29, 1.82) is 0 Å². The fraction of sp³-hybridized carbons (Fsp3) is 0.333. The van der Waals surface area contributed by atoms with Gasteiger partial charge in [0, 0.05) is 10.5 Å². The van der Waals surface area contributed by atoms with E-state index in [4.69, 9.17) is 0 Å². The number of rotatable bonds is 6. The van der Waals surface area contributed by atoms with Gasteiger partial charge in [0.15, 0.2) is 0 Å². The number of benzene rings is 2. The molecule has 2 aromatic carbocycles. The van der Waals surface area contributed by atoms with E-state index < -0.39 is 0 Å². The minimum atomic E-state index is 0.352. The van der Waals surface area contributed by atoms with Gasteiger partial charge in [-0.1, -0.05) is 71.7 Å². The Kier molecular flexibility index (Phi) is 5.81. The quantitative estimate of drug-likeness (QED) is 0.793. The molecule has 0 saturated heterocycles. The fourth-order valence-electron chi connectivity index (χ4n) is 2.52. The first kappa shape index (κ1) is 15.3. The number of aryl methyl sites for hydroxylation is 1. The second kappa shape index (κ2) is 7.61. The van der Waals surface area contributed by atoms with Gasteiger partial charge >= 0.3 is 0 Å². The molecule has 0 bridgehead atoms. The maximum absolute atomic E-state index is 3.64. The first-order chi connectivity index (χ1) is 9.74. The van der Waals surface area contributed by atoms with Gasteiger partial charge in [0.1, 0.15) is 0 Å². The lowest BCUT2D eigenvalue weighted by atomic mass is 9.96. The van der Waals surface area contributed by atoms with Crippen LogP contribution in [0.15, 0.2) is 53.0 Å². The lowest BCUT2D eigenvalue weighted by Gasteiger charge is -2.18. The largest absolute Gasteiger partial charge is 0.313 e. The van der Waals surface area contributed by atoms with E-state index >= 15 is 0 Å². The van der Waals surface area contributed by atoms with Crippen molar-refractivity contribution in [3.8, 4) is 0 Å². The zero-order valence-electron chi connectivity index (χ0n) is 12.2. The SMILES string of the molecule is CCCc1cccc(C(Cc2ccccc2Br)NC)c1. The number of halogens is 1. The zero-order valence-corrected chi connectivity index (χ0v) is 13.8. The summed E-state index contributed by atoms with van der Waals surface area (Å²) in [6.45, 7) is 2.23. The highest BCUT2D eigenvalue weighted by atomic mass is 79.9. The third-order valence-corrected chi connectivity index (χ3v) is 4.40. The Hall–Kier alpha value is -1.12. The predicted octanol–water partition coefficient (Wildman–Crippen LogP) is 4.90. The fourth-order valence-corrected chi connectivity index (χ4v) is 2.97. The molecular formula is C18H22BrN. The molecule has 0 aliphatic rings. The van der Waals surface area contributed by atoms with E-state index in [0.717, 1.165) is 12.8 Å². The molecular weight excluding hydrogens is 310 g/mol. The Labute approximate surface area is 130 Å². The molecule has 0 heterocycles.